The topological polar surface area (TPSA) is 72.5 Å². The van der Waals surface area contributed by atoms with Gasteiger partial charge in [-0.2, -0.15) is 0 Å². The highest BCUT2D eigenvalue weighted by molar-refractivity contribution is 5.85. The van der Waals surface area contributed by atoms with Crippen LogP contribution in [0.1, 0.15) is 19.3 Å². The molecule has 5 heteroatoms. The number of aliphatic hydroxyl groups excluding tert-OH is 1. The second-order valence-corrected chi connectivity index (χ2v) is 2.35. The zero-order valence-corrected chi connectivity index (χ0v) is 7.97. The summed E-state index contributed by atoms with van der Waals surface area (Å²) >= 11 is 0. The van der Waals surface area contributed by atoms with Gasteiger partial charge < -0.3 is 15.6 Å². The average molecular weight is 198 g/mol. The Morgan fingerprint density at radius 3 is 2.58 bits per heavy atom. The van der Waals surface area contributed by atoms with Gasteiger partial charge in [0.05, 0.1) is 7.11 Å². The second-order valence-electron chi connectivity index (χ2n) is 2.35. The standard InChI is InChI=1S/C7H15NO3.ClH/c1-11-7(10)6(8)4-2-3-5-9;/h6,9H,2-5,8H2,1H3;1H. The first-order valence-corrected chi connectivity index (χ1v) is 3.66. The van der Waals surface area contributed by atoms with E-state index in [4.69, 9.17) is 10.8 Å². The molecule has 0 rings (SSSR count). The number of carbonyl (C=O) groups is 1. The van der Waals surface area contributed by atoms with E-state index in [2.05, 4.69) is 4.74 Å². The van der Waals surface area contributed by atoms with E-state index in [0.29, 0.717) is 12.8 Å². The van der Waals surface area contributed by atoms with Gasteiger partial charge in [0.15, 0.2) is 0 Å². The van der Waals surface area contributed by atoms with E-state index in [1.807, 2.05) is 0 Å². The molecule has 0 spiro atoms. The number of hydrogen-bond donors (Lipinski definition) is 2. The first-order chi connectivity index (χ1) is 5.22. The molecule has 74 valence electrons. The van der Waals surface area contributed by atoms with E-state index in [1.165, 1.54) is 7.11 Å². The number of halogens is 1. The minimum absolute atomic E-state index is 0. The Balaban J connectivity index is 0. The van der Waals surface area contributed by atoms with Gasteiger partial charge in [-0.3, -0.25) is 4.79 Å². The Kier molecular flexibility index (Phi) is 10.4. The van der Waals surface area contributed by atoms with Crippen LogP contribution in [0, 0.1) is 0 Å². The maximum atomic E-state index is 10.7. The summed E-state index contributed by atoms with van der Waals surface area (Å²) in [6, 6.07) is -0.536. The molecule has 0 aromatic rings. The third kappa shape index (κ3) is 6.39. The number of rotatable bonds is 5. The lowest BCUT2D eigenvalue weighted by Gasteiger charge is -2.07. The Morgan fingerprint density at radius 1 is 1.58 bits per heavy atom. The molecule has 1 atom stereocenters. The number of unbranched alkanes of at least 4 members (excludes halogenated alkanes) is 1. The Bertz CT molecular complexity index is 121. The fourth-order valence-corrected chi connectivity index (χ4v) is 0.745. The number of aliphatic hydroxyl groups is 1. The van der Waals surface area contributed by atoms with Gasteiger partial charge in [0.2, 0.25) is 0 Å². The van der Waals surface area contributed by atoms with Gasteiger partial charge in [0.1, 0.15) is 6.04 Å². The van der Waals surface area contributed by atoms with Gasteiger partial charge in [-0.1, -0.05) is 0 Å². The fraction of sp³-hybridized carbons (Fsp3) is 0.857. The zero-order chi connectivity index (χ0) is 8.69. The lowest BCUT2D eigenvalue weighted by Crippen LogP contribution is -2.31. The number of methoxy groups -OCH3 is 1. The molecule has 0 aliphatic rings. The van der Waals surface area contributed by atoms with Crippen molar-refractivity contribution in [2.45, 2.75) is 25.3 Å². The fourth-order valence-electron chi connectivity index (χ4n) is 0.745. The molecule has 0 fully saturated rings. The Hall–Kier alpha value is -0.320. The van der Waals surface area contributed by atoms with Crippen LogP contribution in [0.15, 0.2) is 0 Å². The molecule has 1 unspecified atom stereocenters. The molecule has 12 heavy (non-hydrogen) atoms. The molecular weight excluding hydrogens is 182 g/mol. The molecule has 0 aliphatic carbocycles. The molecule has 0 bridgehead atoms. The average Bonchev–Trinajstić information content (AvgIpc) is 2.03. The SMILES string of the molecule is COC(=O)C(N)CCCCO.Cl. The normalized spacial score (nSPS) is 11.6. The molecule has 3 N–H and O–H groups in total. The predicted octanol–water partition coefficient (Wildman–Crippen LogP) is 0.0711. The summed E-state index contributed by atoms with van der Waals surface area (Å²) in [7, 11) is 1.31. The first-order valence-electron chi connectivity index (χ1n) is 3.66. The van der Waals surface area contributed by atoms with Crippen LogP contribution in [0.2, 0.25) is 0 Å². The van der Waals surface area contributed by atoms with Crippen molar-refractivity contribution in [3.8, 4) is 0 Å². The van der Waals surface area contributed by atoms with E-state index >= 15 is 0 Å². The highest BCUT2D eigenvalue weighted by Gasteiger charge is 2.11. The van der Waals surface area contributed by atoms with Crippen molar-refractivity contribution >= 4 is 18.4 Å². The molecule has 0 amide bonds. The lowest BCUT2D eigenvalue weighted by atomic mass is 10.1. The smallest absolute Gasteiger partial charge is 0.322 e. The largest absolute Gasteiger partial charge is 0.468 e. The van der Waals surface area contributed by atoms with Crippen molar-refractivity contribution in [1.29, 1.82) is 0 Å². The summed E-state index contributed by atoms with van der Waals surface area (Å²) in [6.07, 6.45) is 2.02. The van der Waals surface area contributed by atoms with Crippen LogP contribution in [0.5, 0.6) is 0 Å². The minimum Gasteiger partial charge on any atom is -0.468 e. The third-order valence-corrected chi connectivity index (χ3v) is 1.43. The van der Waals surface area contributed by atoms with Gasteiger partial charge >= 0.3 is 5.97 Å². The summed E-state index contributed by atoms with van der Waals surface area (Å²) < 4.78 is 4.42. The first kappa shape index (κ1) is 14.2. The van der Waals surface area contributed by atoms with E-state index in [1.54, 1.807) is 0 Å². The molecule has 4 nitrogen and oxygen atoms in total. The number of nitrogens with two attached hydrogens (primary N) is 1. The highest BCUT2D eigenvalue weighted by atomic mass is 35.5. The minimum atomic E-state index is -0.536. The third-order valence-electron chi connectivity index (χ3n) is 1.43. The van der Waals surface area contributed by atoms with E-state index < -0.39 is 6.04 Å². The Morgan fingerprint density at radius 2 is 2.17 bits per heavy atom. The van der Waals surface area contributed by atoms with Crippen LogP contribution in [0.3, 0.4) is 0 Å². The van der Waals surface area contributed by atoms with Crippen molar-refractivity contribution in [3.63, 3.8) is 0 Å². The summed E-state index contributed by atoms with van der Waals surface area (Å²) in [4.78, 5) is 10.7. The second kappa shape index (κ2) is 8.77. The van der Waals surface area contributed by atoms with E-state index in [0.717, 1.165) is 6.42 Å². The van der Waals surface area contributed by atoms with E-state index in [9.17, 15) is 4.79 Å². The maximum absolute atomic E-state index is 10.7. The molecule has 0 heterocycles. The van der Waals surface area contributed by atoms with Crippen molar-refractivity contribution in [1.82, 2.24) is 0 Å². The van der Waals surface area contributed by atoms with Gasteiger partial charge in [0.25, 0.3) is 0 Å². The van der Waals surface area contributed by atoms with Crippen LogP contribution < -0.4 is 5.73 Å². The molecule has 0 saturated carbocycles. The monoisotopic (exact) mass is 197 g/mol. The van der Waals surface area contributed by atoms with Gasteiger partial charge in [0, 0.05) is 6.61 Å². The summed E-state index contributed by atoms with van der Waals surface area (Å²) in [5.74, 6) is -0.386. The number of ether oxygens (including phenoxy) is 1. The molecular formula is C7H16ClNO3. The van der Waals surface area contributed by atoms with Crippen molar-refractivity contribution in [2.75, 3.05) is 13.7 Å². The van der Waals surface area contributed by atoms with Crippen LogP contribution in [0.25, 0.3) is 0 Å². The number of esters is 1. The zero-order valence-electron chi connectivity index (χ0n) is 7.16. The molecule has 0 aromatic carbocycles. The molecule has 0 aromatic heterocycles. The number of carbonyl (C=O) groups excluding carboxylic acids is 1. The molecule has 0 saturated heterocycles. The molecule has 0 radical (unpaired) electrons. The van der Waals surface area contributed by atoms with E-state index in [-0.39, 0.29) is 25.0 Å². The summed E-state index contributed by atoms with van der Waals surface area (Å²) in [5, 5.41) is 8.42. The van der Waals surface area contributed by atoms with Crippen LogP contribution in [-0.2, 0) is 9.53 Å². The Labute approximate surface area is 78.5 Å². The van der Waals surface area contributed by atoms with Crippen molar-refractivity contribution in [3.05, 3.63) is 0 Å². The van der Waals surface area contributed by atoms with Crippen LogP contribution >= 0.6 is 12.4 Å². The van der Waals surface area contributed by atoms with Gasteiger partial charge in [-0.15, -0.1) is 12.4 Å². The summed E-state index contributed by atoms with van der Waals surface area (Å²) in [6.45, 7) is 0.147. The quantitative estimate of drug-likeness (QED) is 0.483. The maximum Gasteiger partial charge on any atom is 0.322 e. The van der Waals surface area contributed by atoms with Crippen molar-refractivity contribution < 1.29 is 14.6 Å². The highest BCUT2D eigenvalue weighted by Crippen LogP contribution is 1.99. The van der Waals surface area contributed by atoms with Crippen molar-refractivity contribution in [2.24, 2.45) is 5.73 Å². The van der Waals surface area contributed by atoms with Crippen LogP contribution in [0.4, 0.5) is 0 Å². The van der Waals surface area contributed by atoms with Gasteiger partial charge in [-0.25, -0.2) is 0 Å². The van der Waals surface area contributed by atoms with Gasteiger partial charge in [-0.05, 0) is 19.3 Å². The molecule has 0 aliphatic heterocycles. The summed E-state index contributed by atoms with van der Waals surface area (Å²) in [5.41, 5.74) is 5.41. The predicted molar refractivity (Wildman–Crippen MR) is 48.2 cm³/mol. The lowest BCUT2D eigenvalue weighted by molar-refractivity contribution is -0.142. The van der Waals surface area contributed by atoms with Crippen LogP contribution in [-0.4, -0.2) is 30.8 Å². The number of hydrogen-bond acceptors (Lipinski definition) is 4.